The number of carbonyl (C=O) groups is 1. The highest BCUT2D eigenvalue weighted by atomic mass is 79.9. The van der Waals surface area contributed by atoms with Crippen LogP contribution in [0, 0.1) is 0 Å². The molecule has 0 saturated carbocycles. The minimum atomic E-state index is -3.88. The first-order valence-electron chi connectivity index (χ1n) is 9.12. The van der Waals surface area contributed by atoms with Crippen LogP contribution in [0.15, 0.2) is 88.2 Å². The van der Waals surface area contributed by atoms with Gasteiger partial charge >= 0.3 is 0 Å². The maximum absolute atomic E-state index is 13.2. The summed E-state index contributed by atoms with van der Waals surface area (Å²) in [6.45, 7) is -0.241. The number of sulfonamides is 1. The van der Waals surface area contributed by atoms with E-state index in [0.717, 1.165) is 10.0 Å². The second-order valence-electron chi connectivity index (χ2n) is 6.49. The van der Waals surface area contributed by atoms with E-state index >= 15 is 0 Å². The maximum atomic E-state index is 13.2. The fourth-order valence-electron chi connectivity index (χ4n) is 2.80. The van der Waals surface area contributed by atoms with Crippen LogP contribution in [0.2, 0.25) is 0 Å². The van der Waals surface area contributed by atoms with Gasteiger partial charge in [0.1, 0.15) is 5.75 Å². The quantitative estimate of drug-likeness (QED) is 0.513. The fourth-order valence-corrected chi connectivity index (χ4v) is 4.45. The Morgan fingerprint density at radius 1 is 0.967 bits per heavy atom. The number of methoxy groups -OCH3 is 1. The highest BCUT2D eigenvalue weighted by Crippen LogP contribution is 2.21. The summed E-state index contributed by atoms with van der Waals surface area (Å²) < 4.78 is 33.5. The summed E-state index contributed by atoms with van der Waals surface area (Å²) >= 11 is 3.31. The van der Waals surface area contributed by atoms with Gasteiger partial charge in [0.2, 0.25) is 15.9 Å². The number of ether oxygens (including phenoxy) is 1. The molecule has 0 aliphatic heterocycles. The lowest BCUT2D eigenvalue weighted by molar-refractivity contribution is -0.116. The van der Waals surface area contributed by atoms with Crippen molar-refractivity contribution in [3.63, 3.8) is 0 Å². The zero-order chi connectivity index (χ0) is 21.6. The van der Waals surface area contributed by atoms with Gasteiger partial charge in [-0.3, -0.25) is 4.79 Å². The summed E-state index contributed by atoms with van der Waals surface area (Å²) in [4.78, 5) is 12.8. The maximum Gasteiger partial charge on any atom is 0.243 e. The standard InChI is InChI=1S/C22H21BrN2O4S/c1-29-20-11-9-19(10-12-20)24-22(26)16-25(15-17-5-3-2-4-6-17)30(27,28)21-13-7-18(23)8-14-21/h2-14H,15-16H2,1H3,(H,24,26). The molecule has 0 fully saturated rings. The predicted octanol–water partition coefficient (Wildman–Crippen LogP) is 4.29. The van der Waals surface area contributed by atoms with Gasteiger partial charge in [-0.25, -0.2) is 8.42 Å². The van der Waals surface area contributed by atoms with Crippen molar-refractivity contribution in [2.75, 3.05) is 19.0 Å². The molecular weight excluding hydrogens is 468 g/mol. The van der Waals surface area contributed by atoms with Gasteiger partial charge in [-0.15, -0.1) is 0 Å². The Morgan fingerprint density at radius 3 is 2.20 bits per heavy atom. The van der Waals surface area contributed by atoms with Crippen molar-refractivity contribution in [2.45, 2.75) is 11.4 Å². The van der Waals surface area contributed by atoms with Crippen LogP contribution in [0.4, 0.5) is 5.69 Å². The molecule has 30 heavy (non-hydrogen) atoms. The van der Waals surface area contributed by atoms with E-state index in [1.807, 2.05) is 30.3 Å². The van der Waals surface area contributed by atoms with Gasteiger partial charge < -0.3 is 10.1 Å². The summed E-state index contributed by atoms with van der Waals surface area (Å²) in [5.41, 5.74) is 1.34. The second-order valence-corrected chi connectivity index (χ2v) is 9.34. The Hall–Kier alpha value is -2.68. The number of rotatable bonds is 8. The Balaban J connectivity index is 1.83. The number of nitrogens with one attached hydrogen (secondary N) is 1. The third-order valence-corrected chi connectivity index (χ3v) is 6.68. The molecule has 0 heterocycles. The van der Waals surface area contributed by atoms with Gasteiger partial charge in [0.25, 0.3) is 0 Å². The molecule has 3 rings (SSSR count). The molecule has 0 bridgehead atoms. The third-order valence-electron chi connectivity index (χ3n) is 4.35. The van der Waals surface area contributed by atoms with E-state index in [0.29, 0.717) is 11.4 Å². The molecule has 0 aliphatic carbocycles. The largest absolute Gasteiger partial charge is 0.497 e. The van der Waals surface area contributed by atoms with E-state index in [9.17, 15) is 13.2 Å². The monoisotopic (exact) mass is 488 g/mol. The molecule has 0 spiro atoms. The SMILES string of the molecule is COc1ccc(NC(=O)CN(Cc2ccccc2)S(=O)(=O)c2ccc(Br)cc2)cc1. The fraction of sp³-hybridized carbons (Fsp3) is 0.136. The normalized spacial score (nSPS) is 11.3. The Kier molecular flexibility index (Phi) is 7.25. The van der Waals surface area contributed by atoms with Crippen molar-refractivity contribution >= 4 is 37.5 Å². The van der Waals surface area contributed by atoms with E-state index < -0.39 is 15.9 Å². The molecule has 1 amide bonds. The number of amides is 1. The van der Waals surface area contributed by atoms with Crippen molar-refractivity contribution in [2.24, 2.45) is 0 Å². The van der Waals surface area contributed by atoms with Crippen molar-refractivity contribution in [3.05, 3.63) is 88.9 Å². The molecule has 6 nitrogen and oxygen atoms in total. The molecule has 1 N–H and O–H groups in total. The third kappa shape index (κ3) is 5.69. The molecule has 0 aromatic heterocycles. The highest BCUT2D eigenvalue weighted by molar-refractivity contribution is 9.10. The average Bonchev–Trinajstić information content (AvgIpc) is 2.75. The van der Waals surface area contributed by atoms with Crippen molar-refractivity contribution < 1.29 is 17.9 Å². The summed E-state index contributed by atoms with van der Waals surface area (Å²) in [6, 6.07) is 22.3. The van der Waals surface area contributed by atoms with E-state index in [4.69, 9.17) is 4.74 Å². The predicted molar refractivity (Wildman–Crippen MR) is 120 cm³/mol. The van der Waals surface area contributed by atoms with Crippen LogP contribution >= 0.6 is 15.9 Å². The summed E-state index contributed by atoms with van der Waals surface area (Å²) in [5, 5.41) is 2.73. The Morgan fingerprint density at radius 2 is 1.60 bits per heavy atom. The molecule has 0 atom stereocenters. The first kappa shape index (κ1) is 22.0. The molecule has 0 aliphatic rings. The molecule has 156 valence electrons. The average molecular weight is 489 g/mol. The van der Waals surface area contributed by atoms with Crippen LogP contribution in [-0.4, -0.2) is 32.3 Å². The lowest BCUT2D eigenvalue weighted by atomic mass is 10.2. The number of hydrogen-bond acceptors (Lipinski definition) is 4. The number of halogens is 1. The Labute approximate surface area is 184 Å². The van der Waals surface area contributed by atoms with Crippen LogP contribution in [0.1, 0.15) is 5.56 Å². The van der Waals surface area contributed by atoms with Crippen LogP contribution < -0.4 is 10.1 Å². The van der Waals surface area contributed by atoms with Gasteiger partial charge in [-0.1, -0.05) is 46.3 Å². The smallest absolute Gasteiger partial charge is 0.243 e. The number of nitrogens with zero attached hydrogens (tertiary/aromatic N) is 1. The lowest BCUT2D eigenvalue weighted by Crippen LogP contribution is -2.37. The van der Waals surface area contributed by atoms with Crippen molar-refractivity contribution in [3.8, 4) is 5.75 Å². The van der Waals surface area contributed by atoms with Crippen LogP contribution in [0.5, 0.6) is 5.75 Å². The van der Waals surface area contributed by atoms with Gasteiger partial charge in [0.15, 0.2) is 0 Å². The summed E-state index contributed by atoms with van der Waals surface area (Å²) in [6.07, 6.45) is 0. The topological polar surface area (TPSA) is 75.7 Å². The van der Waals surface area contributed by atoms with Crippen LogP contribution in [0.25, 0.3) is 0 Å². The van der Waals surface area contributed by atoms with Crippen molar-refractivity contribution in [1.82, 2.24) is 4.31 Å². The Bertz CT molecular complexity index is 1090. The number of hydrogen-bond donors (Lipinski definition) is 1. The van der Waals surface area contributed by atoms with Crippen molar-refractivity contribution in [1.29, 1.82) is 0 Å². The van der Waals surface area contributed by atoms with Gasteiger partial charge in [-0.2, -0.15) is 4.31 Å². The van der Waals surface area contributed by atoms with Gasteiger partial charge in [0, 0.05) is 16.7 Å². The number of carbonyl (C=O) groups excluding carboxylic acids is 1. The zero-order valence-corrected chi connectivity index (χ0v) is 18.7. The van der Waals surface area contributed by atoms with Gasteiger partial charge in [0.05, 0.1) is 18.6 Å². The first-order chi connectivity index (χ1) is 14.4. The van der Waals surface area contributed by atoms with E-state index in [1.54, 1.807) is 43.5 Å². The molecule has 8 heteroatoms. The molecule has 0 unspecified atom stereocenters. The number of anilines is 1. The first-order valence-corrected chi connectivity index (χ1v) is 11.4. The lowest BCUT2D eigenvalue weighted by Gasteiger charge is -2.22. The van der Waals surface area contributed by atoms with E-state index in [1.165, 1.54) is 16.4 Å². The van der Waals surface area contributed by atoms with E-state index in [2.05, 4.69) is 21.2 Å². The minimum absolute atomic E-state index is 0.0786. The molecule has 3 aromatic carbocycles. The number of benzene rings is 3. The molecule has 0 saturated heterocycles. The van der Waals surface area contributed by atoms with Gasteiger partial charge in [-0.05, 0) is 54.1 Å². The molecule has 0 radical (unpaired) electrons. The molecular formula is C22H21BrN2O4S. The minimum Gasteiger partial charge on any atom is -0.497 e. The van der Waals surface area contributed by atoms with E-state index in [-0.39, 0.29) is 18.0 Å². The summed E-state index contributed by atoms with van der Waals surface area (Å²) in [5.74, 6) is 0.230. The summed E-state index contributed by atoms with van der Waals surface area (Å²) in [7, 11) is -2.32. The molecule has 3 aromatic rings. The second kappa shape index (κ2) is 9.88. The highest BCUT2D eigenvalue weighted by Gasteiger charge is 2.27. The van der Waals surface area contributed by atoms with Crippen LogP contribution in [-0.2, 0) is 21.4 Å². The zero-order valence-electron chi connectivity index (χ0n) is 16.3. The van der Waals surface area contributed by atoms with Crippen LogP contribution in [0.3, 0.4) is 0 Å².